The van der Waals surface area contributed by atoms with E-state index >= 15 is 0 Å². The molecule has 0 aromatic rings. The first-order valence-electron chi connectivity index (χ1n) is 6.92. The average Bonchev–Trinajstić information content (AvgIpc) is 2.79. The molecular formula is C14H25NO2. The van der Waals surface area contributed by atoms with Crippen molar-refractivity contribution in [3.8, 4) is 0 Å². The average molecular weight is 239 g/mol. The molecule has 3 nitrogen and oxygen atoms in total. The minimum absolute atomic E-state index is 0.204. The summed E-state index contributed by atoms with van der Waals surface area (Å²) < 4.78 is 5.39. The molecule has 2 rings (SSSR count). The van der Waals surface area contributed by atoms with E-state index in [0.717, 1.165) is 50.8 Å². The van der Waals surface area contributed by atoms with E-state index in [0.29, 0.717) is 6.61 Å². The highest BCUT2D eigenvalue weighted by Gasteiger charge is 2.37. The quantitative estimate of drug-likeness (QED) is 0.702. The van der Waals surface area contributed by atoms with Gasteiger partial charge >= 0.3 is 0 Å². The molecule has 0 amide bonds. The Morgan fingerprint density at radius 1 is 1.41 bits per heavy atom. The van der Waals surface area contributed by atoms with Crippen LogP contribution in [-0.2, 0) is 9.53 Å². The Morgan fingerprint density at radius 3 is 2.59 bits per heavy atom. The second-order valence-electron chi connectivity index (χ2n) is 6.14. The van der Waals surface area contributed by atoms with Crippen LogP contribution in [0.5, 0.6) is 0 Å². The van der Waals surface area contributed by atoms with Crippen LogP contribution < -0.4 is 0 Å². The molecule has 0 spiro atoms. The van der Waals surface area contributed by atoms with Gasteiger partial charge in [-0.3, -0.25) is 0 Å². The zero-order chi connectivity index (χ0) is 12.3. The standard InChI is InChI=1S/C14H25NO2/c1-12(2)13-3-6-15(7-4-13)9-14(10-16)5-8-17-11-14/h10,12-13H,3-9,11H2,1-2H3. The second kappa shape index (κ2) is 5.49. The van der Waals surface area contributed by atoms with Crippen molar-refractivity contribution in [2.45, 2.75) is 33.1 Å². The summed E-state index contributed by atoms with van der Waals surface area (Å²) in [5.41, 5.74) is -0.204. The van der Waals surface area contributed by atoms with Crippen LogP contribution >= 0.6 is 0 Å². The predicted octanol–water partition coefficient (Wildman–Crippen LogP) is 1.96. The van der Waals surface area contributed by atoms with Crippen LogP contribution in [0.2, 0.25) is 0 Å². The van der Waals surface area contributed by atoms with Gasteiger partial charge in [-0.05, 0) is 44.2 Å². The lowest BCUT2D eigenvalue weighted by molar-refractivity contribution is -0.117. The lowest BCUT2D eigenvalue weighted by Crippen LogP contribution is -2.44. The predicted molar refractivity (Wildman–Crippen MR) is 67.9 cm³/mol. The number of piperidine rings is 1. The van der Waals surface area contributed by atoms with Crippen molar-refractivity contribution < 1.29 is 9.53 Å². The monoisotopic (exact) mass is 239 g/mol. The molecule has 2 heterocycles. The summed E-state index contributed by atoms with van der Waals surface area (Å²) in [7, 11) is 0. The van der Waals surface area contributed by atoms with Crippen molar-refractivity contribution in [1.82, 2.24) is 4.90 Å². The number of aldehydes is 1. The summed E-state index contributed by atoms with van der Waals surface area (Å²) in [4.78, 5) is 13.7. The zero-order valence-corrected chi connectivity index (χ0v) is 11.2. The minimum atomic E-state index is -0.204. The molecule has 0 radical (unpaired) electrons. The highest BCUT2D eigenvalue weighted by molar-refractivity contribution is 5.60. The summed E-state index contributed by atoms with van der Waals surface area (Å²) in [6.07, 6.45) is 4.61. The maximum Gasteiger partial charge on any atom is 0.129 e. The molecule has 0 N–H and O–H groups in total. The van der Waals surface area contributed by atoms with Gasteiger partial charge in [-0.2, -0.15) is 0 Å². The van der Waals surface area contributed by atoms with Crippen molar-refractivity contribution >= 4 is 6.29 Å². The van der Waals surface area contributed by atoms with Gasteiger partial charge in [-0.1, -0.05) is 13.8 Å². The van der Waals surface area contributed by atoms with E-state index in [9.17, 15) is 4.79 Å². The zero-order valence-electron chi connectivity index (χ0n) is 11.2. The normalized spacial score (nSPS) is 32.2. The van der Waals surface area contributed by atoms with Crippen LogP contribution in [-0.4, -0.2) is 44.0 Å². The fraction of sp³-hybridized carbons (Fsp3) is 0.929. The molecule has 17 heavy (non-hydrogen) atoms. The fourth-order valence-electron chi connectivity index (χ4n) is 3.10. The molecule has 0 aromatic carbocycles. The van der Waals surface area contributed by atoms with Crippen molar-refractivity contribution in [3.63, 3.8) is 0 Å². The van der Waals surface area contributed by atoms with Crippen molar-refractivity contribution in [2.24, 2.45) is 17.3 Å². The van der Waals surface area contributed by atoms with Crippen LogP contribution in [0.25, 0.3) is 0 Å². The molecule has 1 unspecified atom stereocenters. The maximum atomic E-state index is 11.3. The van der Waals surface area contributed by atoms with Crippen molar-refractivity contribution in [1.29, 1.82) is 0 Å². The number of rotatable bonds is 4. The third-order valence-corrected chi connectivity index (χ3v) is 4.50. The summed E-state index contributed by atoms with van der Waals surface area (Å²) in [5.74, 6) is 1.67. The van der Waals surface area contributed by atoms with E-state index in [2.05, 4.69) is 18.7 Å². The SMILES string of the molecule is CC(C)C1CCN(CC2(C=O)CCOC2)CC1. The largest absolute Gasteiger partial charge is 0.380 e. The summed E-state index contributed by atoms with van der Waals surface area (Å²) in [5, 5.41) is 0. The number of likely N-dealkylation sites (tertiary alicyclic amines) is 1. The van der Waals surface area contributed by atoms with E-state index < -0.39 is 0 Å². The maximum absolute atomic E-state index is 11.3. The minimum Gasteiger partial charge on any atom is -0.380 e. The van der Waals surface area contributed by atoms with Crippen molar-refractivity contribution in [2.75, 3.05) is 32.8 Å². The fourth-order valence-corrected chi connectivity index (χ4v) is 3.10. The Balaban J connectivity index is 1.83. The van der Waals surface area contributed by atoms with Gasteiger partial charge < -0.3 is 14.4 Å². The first-order valence-corrected chi connectivity index (χ1v) is 6.92. The highest BCUT2D eigenvalue weighted by atomic mass is 16.5. The van der Waals surface area contributed by atoms with Crippen LogP contribution in [0.4, 0.5) is 0 Å². The van der Waals surface area contributed by atoms with E-state index in [1.165, 1.54) is 12.8 Å². The molecule has 2 saturated heterocycles. The lowest BCUT2D eigenvalue weighted by atomic mass is 9.84. The Bertz CT molecular complexity index is 251. The van der Waals surface area contributed by atoms with Gasteiger partial charge in [0.05, 0.1) is 12.0 Å². The number of hydrogen-bond acceptors (Lipinski definition) is 3. The van der Waals surface area contributed by atoms with E-state index in [1.807, 2.05) is 0 Å². The Hall–Kier alpha value is -0.410. The van der Waals surface area contributed by atoms with Crippen LogP contribution in [0.1, 0.15) is 33.1 Å². The molecular weight excluding hydrogens is 214 g/mol. The first-order chi connectivity index (χ1) is 8.15. The lowest BCUT2D eigenvalue weighted by Gasteiger charge is -2.37. The highest BCUT2D eigenvalue weighted by Crippen LogP contribution is 2.30. The number of carbonyl (C=O) groups excluding carboxylic acids is 1. The summed E-state index contributed by atoms with van der Waals surface area (Å²) >= 11 is 0. The second-order valence-corrected chi connectivity index (χ2v) is 6.14. The Kier molecular flexibility index (Phi) is 4.21. The van der Waals surface area contributed by atoms with E-state index in [-0.39, 0.29) is 5.41 Å². The number of nitrogens with zero attached hydrogens (tertiary/aromatic N) is 1. The molecule has 98 valence electrons. The number of hydrogen-bond donors (Lipinski definition) is 0. The molecule has 2 aliphatic heterocycles. The van der Waals surface area contributed by atoms with E-state index in [4.69, 9.17) is 4.74 Å². The Labute approximate surface area is 105 Å². The van der Waals surface area contributed by atoms with Gasteiger partial charge in [0, 0.05) is 13.2 Å². The molecule has 0 saturated carbocycles. The summed E-state index contributed by atoms with van der Waals surface area (Å²) in [6, 6.07) is 0. The first kappa shape index (κ1) is 13.0. The molecule has 0 aromatic heterocycles. The van der Waals surface area contributed by atoms with Crippen molar-refractivity contribution in [3.05, 3.63) is 0 Å². The molecule has 0 aliphatic carbocycles. The van der Waals surface area contributed by atoms with Crippen LogP contribution in [0, 0.1) is 17.3 Å². The third kappa shape index (κ3) is 3.08. The molecule has 0 bridgehead atoms. The van der Waals surface area contributed by atoms with Gasteiger partial charge in [0.15, 0.2) is 0 Å². The smallest absolute Gasteiger partial charge is 0.129 e. The third-order valence-electron chi connectivity index (χ3n) is 4.50. The number of carbonyl (C=O) groups is 1. The van der Waals surface area contributed by atoms with Gasteiger partial charge in [0.25, 0.3) is 0 Å². The topological polar surface area (TPSA) is 29.5 Å². The number of ether oxygens (including phenoxy) is 1. The molecule has 2 fully saturated rings. The summed E-state index contributed by atoms with van der Waals surface area (Å²) in [6.45, 7) is 9.22. The van der Waals surface area contributed by atoms with Gasteiger partial charge in [-0.15, -0.1) is 0 Å². The molecule has 3 heteroatoms. The van der Waals surface area contributed by atoms with E-state index in [1.54, 1.807) is 0 Å². The van der Waals surface area contributed by atoms with Crippen LogP contribution in [0.3, 0.4) is 0 Å². The van der Waals surface area contributed by atoms with Gasteiger partial charge in [0.1, 0.15) is 6.29 Å². The molecule has 2 aliphatic rings. The molecule has 1 atom stereocenters. The Morgan fingerprint density at radius 2 is 2.12 bits per heavy atom. The van der Waals surface area contributed by atoms with Gasteiger partial charge in [-0.25, -0.2) is 0 Å². The van der Waals surface area contributed by atoms with Gasteiger partial charge in [0.2, 0.25) is 0 Å². The van der Waals surface area contributed by atoms with Crippen LogP contribution in [0.15, 0.2) is 0 Å².